The molecule has 1 fully saturated rings. The Morgan fingerprint density at radius 1 is 1.10 bits per heavy atom. The topological polar surface area (TPSA) is 71.5 Å². The number of amides is 2. The molecule has 2 aromatic carbocycles. The van der Waals surface area contributed by atoms with Gasteiger partial charge in [0.15, 0.2) is 0 Å². The van der Waals surface area contributed by atoms with Crippen LogP contribution in [0.5, 0.6) is 11.6 Å². The molecule has 1 saturated carbocycles. The van der Waals surface area contributed by atoms with Gasteiger partial charge in [-0.1, -0.05) is 61.9 Å². The molecule has 204 valence electrons. The van der Waals surface area contributed by atoms with Crippen molar-refractivity contribution >= 4 is 29.1 Å². The summed E-state index contributed by atoms with van der Waals surface area (Å²) in [6.07, 6.45) is 2.25. The molecule has 1 N–H and O–H groups in total. The standard InChI is InChI=1S/C29H27ClF3N3O3/c30-24-15-20(29(31,32)33)16-34-27(24)39-22-12-10-21(11-13-22)35-26(37)25(14-18-6-2-1-3-7-18)36-17-19-8-4-5-9-23(19)28(36)38/h4-5,8-13,15-16,18,25H,1-3,6-7,14,17H2,(H,35,37). The van der Waals surface area contributed by atoms with Gasteiger partial charge in [-0.3, -0.25) is 9.59 Å². The third-order valence-corrected chi connectivity index (χ3v) is 7.55. The third-order valence-electron chi connectivity index (χ3n) is 7.28. The van der Waals surface area contributed by atoms with E-state index >= 15 is 0 Å². The van der Waals surface area contributed by atoms with E-state index in [1.54, 1.807) is 35.2 Å². The monoisotopic (exact) mass is 557 g/mol. The van der Waals surface area contributed by atoms with Crippen LogP contribution in [0.25, 0.3) is 0 Å². The van der Waals surface area contributed by atoms with Crippen LogP contribution in [-0.4, -0.2) is 27.7 Å². The van der Waals surface area contributed by atoms with Crippen molar-refractivity contribution in [2.24, 2.45) is 5.92 Å². The average molecular weight is 558 g/mol. The number of alkyl halides is 3. The number of nitrogens with zero attached hydrogens (tertiary/aromatic N) is 2. The largest absolute Gasteiger partial charge is 0.438 e. The van der Waals surface area contributed by atoms with Crippen LogP contribution >= 0.6 is 11.6 Å². The molecule has 0 bridgehead atoms. The second kappa shape index (κ2) is 11.3. The number of nitrogens with one attached hydrogen (secondary N) is 1. The van der Waals surface area contributed by atoms with Crippen molar-refractivity contribution in [3.8, 4) is 11.6 Å². The lowest BCUT2D eigenvalue weighted by atomic mass is 9.84. The fourth-order valence-electron chi connectivity index (χ4n) is 5.24. The summed E-state index contributed by atoms with van der Waals surface area (Å²) in [5.74, 6) is 0.101. The molecule has 3 aromatic rings. The van der Waals surface area contributed by atoms with E-state index in [0.29, 0.717) is 36.3 Å². The number of anilines is 1. The maximum atomic E-state index is 13.5. The quantitative estimate of drug-likeness (QED) is 0.327. The number of hydrogen-bond acceptors (Lipinski definition) is 4. The Morgan fingerprint density at radius 3 is 2.49 bits per heavy atom. The van der Waals surface area contributed by atoms with Gasteiger partial charge in [-0.25, -0.2) is 4.98 Å². The Kier molecular flexibility index (Phi) is 7.79. The molecule has 1 unspecified atom stereocenters. The number of rotatable bonds is 7. The Hall–Kier alpha value is -3.59. The summed E-state index contributed by atoms with van der Waals surface area (Å²) in [4.78, 5) is 32.1. The summed E-state index contributed by atoms with van der Waals surface area (Å²) in [6.45, 7) is 0.396. The second-order valence-corrected chi connectivity index (χ2v) is 10.4. The highest BCUT2D eigenvalue weighted by molar-refractivity contribution is 6.31. The van der Waals surface area contributed by atoms with E-state index in [0.717, 1.165) is 37.3 Å². The minimum absolute atomic E-state index is 0.133. The number of pyridine rings is 1. The highest BCUT2D eigenvalue weighted by Gasteiger charge is 2.38. The summed E-state index contributed by atoms with van der Waals surface area (Å²) in [7, 11) is 0. The second-order valence-electron chi connectivity index (χ2n) is 9.97. The lowest BCUT2D eigenvalue weighted by Gasteiger charge is -2.31. The molecular weight excluding hydrogens is 531 g/mol. The Bertz CT molecular complexity index is 1360. The number of hydrogen-bond donors (Lipinski definition) is 1. The lowest BCUT2D eigenvalue weighted by Crippen LogP contribution is -2.45. The molecule has 1 atom stereocenters. The number of carbonyl (C=O) groups is 2. The Labute approximate surface area is 229 Å². The molecule has 2 aliphatic rings. The average Bonchev–Trinajstić information content (AvgIpc) is 3.25. The smallest absolute Gasteiger partial charge is 0.417 e. The predicted molar refractivity (Wildman–Crippen MR) is 141 cm³/mol. The van der Waals surface area contributed by atoms with Crippen LogP contribution in [0, 0.1) is 5.92 Å². The molecule has 2 amide bonds. The van der Waals surface area contributed by atoms with Gasteiger partial charge in [0.1, 0.15) is 16.8 Å². The van der Waals surface area contributed by atoms with Crippen LogP contribution in [0.4, 0.5) is 18.9 Å². The molecule has 0 spiro atoms. The number of fused-ring (bicyclic) bond motifs is 1. The fourth-order valence-corrected chi connectivity index (χ4v) is 5.45. The van der Waals surface area contributed by atoms with Crippen LogP contribution < -0.4 is 10.1 Å². The predicted octanol–water partition coefficient (Wildman–Crippen LogP) is 7.48. The van der Waals surface area contributed by atoms with Gasteiger partial charge in [0.2, 0.25) is 11.8 Å². The van der Waals surface area contributed by atoms with E-state index in [4.69, 9.17) is 16.3 Å². The minimum Gasteiger partial charge on any atom is -0.438 e. The van der Waals surface area contributed by atoms with E-state index in [9.17, 15) is 22.8 Å². The number of carbonyl (C=O) groups excluding carboxylic acids is 2. The SMILES string of the molecule is O=C(Nc1ccc(Oc2ncc(C(F)(F)F)cc2Cl)cc1)C(CC1CCCCC1)N1Cc2ccccc2C1=O. The lowest BCUT2D eigenvalue weighted by molar-refractivity contribution is -0.137. The van der Waals surface area contributed by atoms with Gasteiger partial charge in [-0.05, 0) is 54.3 Å². The fraction of sp³-hybridized carbons (Fsp3) is 0.345. The van der Waals surface area contributed by atoms with Gasteiger partial charge in [0.05, 0.1) is 5.56 Å². The van der Waals surface area contributed by atoms with E-state index in [2.05, 4.69) is 10.3 Å². The van der Waals surface area contributed by atoms with Crippen LogP contribution in [0.3, 0.4) is 0 Å². The van der Waals surface area contributed by atoms with E-state index in [1.807, 2.05) is 18.2 Å². The summed E-state index contributed by atoms with van der Waals surface area (Å²) in [6, 6.07) is 13.9. The molecule has 5 rings (SSSR count). The van der Waals surface area contributed by atoms with Crippen molar-refractivity contribution in [2.75, 3.05) is 5.32 Å². The van der Waals surface area contributed by atoms with Crippen molar-refractivity contribution < 1.29 is 27.5 Å². The normalized spacial score (nSPS) is 16.6. The highest BCUT2D eigenvalue weighted by Crippen LogP contribution is 2.35. The zero-order valence-corrected chi connectivity index (χ0v) is 21.8. The molecule has 1 aromatic heterocycles. The highest BCUT2D eigenvalue weighted by atomic mass is 35.5. The summed E-state index contributed by atoms with van der Waals surface area (Å²) >= 11 is 5.93. The molecule has 1 aliphatic heterocycles. The first-order chi connectivity index (χ1) is 18.7. The molecule has 6 nitrogen and oxygen atoms in total. The molecule has 1 aliphatic carbocycles. The minimum atomic E-state index is -4.56. The molecule has 0 radical (unpaired) electrons. The molecule has 2 heterocycles. The van der Waals surface area contributed by atoms with Crippen molar-refractivity contribution in [1.82, 2.24) is 9.88 Å². The van der Waals surface area contributed by atoms with Gasteiger partial charge in [-0.15, -0.1) is 0 Å². The van der Waals surface area contributed by atoms with Crippen molar-refractivity contribution in [3.05, 3.63) is 82.5 Å². The van der Waals surface area contributed by atoms with E-state index < -0.39 is 17.8 Å². The first-order valence-electron chi connectivity index (χ1n) is 12.9. The summed E-state index contributed by atoms with van der Waals surface area (Å²) in [5.41, 5.74) is 1.08. The molecular formula is C29H27ClF3N3O3. The van der Waals surface area contributed by atoms with Crippen LogP contribution in [0.2, 0.25) is 5.02 Å². The maximum absolute atomic E-state index is 13.5. The van der Waals surface area contributed by atoms with Gasteiger partial charge in [0.25, 0.3) is 5.91 Å². The number of benzene rings is 2. The van der Waals surface area contributed by atoms with E-state index in [-0.39, 0.29) is 28.5 Å². The summed E-state index contributed by atoms with van der Waals surface area (Å²) in [5, 5.41) is 2.65. The first-order valence-corrected chi connectivity index (χ1v) is 13.3. The van der Waals surface area contributed by atoms with Gasteiger partial charge >= 0.3 is 6.18 Å². The van der Waals surface area contributed by atoms with Gasteiger partial charge < -0.3 is 15.0 Å². The molecule has 10 heteroatoms. The van der Waals surface area contributed by atoms with Crippen LogP contribution in [0.15, 0.2) is 60.8 Å². The van der Waals surface area contributed by atoms with Crippen LogP contribution in [-0.2, 0) is 17.5 Å². The van der Waals surface area contributed by atoms with E-state index in [1.165, 1.54) is 6.42 Å². The van der Waals surface area contributed by atoms with Crippen molar-refractivity contribution in [3.63, 3.8) is 0 Å². The zero-order chi connectivity index (χ0) is 27.6. The number of ether oxygens (including phenoxy) is 1. The third kappa shape index (κ3) is 6.19. The maximum Gasteiger partial charge on any atom is 0.417 e. The van der Waals surface area contributed by atoms with Crippen molar-refractivity contribution in [2.45, 2.75) is 57.3 Å². The molecule has 39 heavy (non-hydrogen) atoms. The Balaban J connectivity index is 1.29. The first kappa shape index (κ1) is 27.0. The molecule has 0 saturated heterocycles. The number of aromatic nitrogens is 1. The van der Waals surface area contributed by atoms with Gasteiger partial charge in [-0.2, -0.15) is 13.2 Å². The van der Waals surface area contributed by atoms with Gasteiger partial charge in [0, 0.05) is 24.0 Å². The Morgan fingerprint density at radius 2 is 1.82 bits per heavy atom. The van der Waals surface area contributed by atoms with Crippen molar-refractivity contribution in [1.29, 1.82) is 0 Å². The van der Waals surface area contributed by atoms with Crippen LogP contribution in [0.1, 0.15) is 60.0 Å². The number of halogens is 4. The zero-order valence-electron chi connectivity index (χ0n) is 21.0. The summed E-state index contributed by atoms with van der Waals surface area (Å²) < 4.78 is 44.1.